The lowest BCUT2D eigenvalue weighted by Gasteiger charge is -2.27. The number of nitrogens with zero attached hydrogens (tertiary/aromatic N) is 2. The Balaban J connectivity index is 1.71. The maximum absolute atomic E-state index is 12.4. The fourth-order valence-electron chi connectivity index (χ4n) is 2.72. The normalized spacial score (nSPS) is 14.4. The molecule has 1 aliphatic rings. The fraction of sp³-hybridized carbons (Fsp3) is 0.368. The third-order valence-corrected chi connectivity index (χ3v) is 4.22. The van der Waals surface area contributed by atoms with Gasteiger partial charge in [-0.25, -0.2) is 0 Å². The summed E-state index contributed by atoms with van der Waals surface area (Å²) in [6.07, 6.45) is 1.62. The second-order valence-electron chi connectivity index (χ2n) is 6.04. The molecule has 132 valence electrons. The van der Waals surface area contributed by atoms with Gasteiger partial charge in [0.05, 0.1) is 19.4 Å². The van der Waals surface area contributed by atoms with Gasteiger partial charge in [-0.3, -0.25) is 9.59 Å². The molecule has 0 unspecified atom stereocenters. The summed E-state index contributed by atoms with van der Waals surface area (Å²) in [4.78, 5) is 26.4. The number of ether oxygens (including phenoxy) is 2. The third-order valence-electron chi connectivity index (χ3n) is 4.22. The second-order valence-corrected chi connectivity index (χ2v) is 6.04. The lowest BCUT2D eigenvalue weighted by atomic mass is 10.2. The topological polar surface area (TPSA) is 60.8 Å². The van der Waals surface area contributed by atoms with Crippen LogP contribution in [0.25, 0.3) is 0 Å². The Morgan fingerprint density at radius 1 is 1.20 bits per heavy atom. The van der Waals surface area contributed by atoms with E-state index < -0.39 is 0 Å². The summed E-state index contributed by atoms with van der Waals surface area (Å²) in [6.45, 7) is 4.67. The van der Waals surface area contributed by atoms with Gasteiger partial charge in [-0.1, -0.05) is 30.3 Å². The summed E-state index contributed by atoms with van der Waals surface area (Å²) in [5.74, 6) is 0.272. The zero-order valence-corrected chi connectivity index (χ0v) is 14.3. The Morgan fingerprint density at radius 3 is 2.64 bits per heavy atom. The molecular weight excluding hydrogens is 320 g/mol. The van der Waals surface area contributed by atoms with Crippen molar-refractivity contribution in [1.29, 1.82) is 0 Å². The van der Waals surface area contributed by atoms with Crippen molar-refractivity contribution in [3.8, 4) is 5.75 Å². The number of rotatable bonds is 5. The van der Waals surface area contributed by atoms with Gasteiger partial charge in [0.25, 0.3) is 0 Å². The van der Waals surface area contributed by atoms with Gasteiger partial charge in [-0.2, -0.15) is 0 Å². The molecule has 6 nitrogen and oxygen atoms in total. The van der Waals surface area contributed by atoms with Crippen LogP contribution in [0, 0.1) is 6.92 Å². The molecule has 6 heteroatoms. The van der Waals surface area contributed by atoms with E-state index >= 15 is 0 Å². The highest BCUT2D eigenvalue weighted by Gasteiger charge is 2.18. The molecule has 2 aromatic rings. The number of morpholine rings is 1. The van der Waals surface area contributed by atoms with Gasteiger partial charge in [0.2, 0.25) is 11.3 Å². The quantitative estimate of drug-likeness (QED) is 0.828. The van der Waals surface area contributed by atoms with E-state index in [1.807, 2.05) is 37.3 Å². The highest BCUT2D eigenvalue weighted by molar-refractivity contribution is 5.76. The van der Waals surface area contributed by atoms with Crippen LogP contribution in [-0.2, 0) is 22.7 Å². The van der Waals surface area contributed by atoms with Crippen molar-refractivity contribution in [2.75, 3.05) is 26.3 Å². The van der Waals surface area contributed by atoms with Crippen LogP contribution in [0.4, 0.5) is 0 Å². The van der Waals surface area contributed by atoms with E-state index in [9.17, 15) is 9.59 Å². The average molecular weight is 342 g/mol. The molecule has 25 heavy (non-hydrogen) atoms. The maximum atomic E-state index is 12.4. The minimum atomic E-state index is -0.177. The zero-order chi connectivity index (χ0) is 17.6. The van der Waals surface area contributed by atoms with E-state index in [1.54, 1.807) is 15.7 Å². The van der Waals surface area contributed by atoms with Crippen molar-refractivity contribution >= 4 is 5.91 Å². The van der Waals surface area contributed by atoms with Crippen molar-refractivity contribution in [2.45, 2.75) is 20.1 Å². The first kappa shape index (κ1) is 17.2. The molecule has 0 spiro atoms. The van der Waals surface area contributed by atoms with E-state index in [4.69, 9.17) is 9.47 Å². The van der Waals surface area contributed by atoms with Crippen LogP contribution in [0.3, 0.4) is 0 Å². The molecule has 3 rings (SSSR count). The lowest BCUT2D eigenvalue weighted by Crippen LogP contribution is -2.42. The summed E-state index contributed by atoms with van der Waals surface area (Å²) < 4.78 is 12.7. The first-order valence-corrected chi connectivity index (χ1v) is 8.37. The van der Waals surface area contributed by atoms with Crippen LogP contribution in [0.5, 0.6) is 5.75 Å². The lowest BCUT2D eigenvalue weighted by molar-refractivity contribution is -0.135. The summed E-state index contributed by atoms with van der Waals surface area (Å²) in [5, 5.41) is 0. The summed E-state index contributed by atoms with van der Waals surface area (Å²) in [5.41, 5.74) is 1.54. The highest BCUT2D eigenvalue weighted by Crippen LogP contribution is 2.10. The standard InChI is InChI=1S/C19H22N2O4/c1-15-11-17(22)18(25-14-16-5-3-2-4-6-16)12-21(15)13-19(23)20-7-9-24-10-8-20/h2-6,11-12H,7-10,13-14H2,1H3. The first-order valence-electron chi connectivity index (χ1n) is 8.37. The number of amides is 1. The molecule has 1 saturated heterocycles. The second kappa shape index (κ2) is 7.98. The van der Waals surface area contributed by atoms with Crippen molar-refractivity contribution in [1.82, 2.24) is 9.47 Å². The number of aromatic nitrogens is 1. The van der Waals surface area contributed by atoms with Gasteiger partial charge in [0.15, 0.2) is 5.75 Å². The molecule has 1 amide bonds. The average Bonchev–Trinajstić information content (AvgIpc) is 2.64. The molecular formula is C19H22N2O4. The summed E-state index contributed by atoms with van der Waals surface area (Å²) in [7, 11) is 0. The molecule has 2 heterocycles. The van der Waals surface area contributed by atoms with Crippen LogP contribution in [0.1, 0.15) is 11.3 Å². The number of aryl methyl sites for hydroxylation is 1. The Labute approximate surface area is 146 Å². The highest BCUT2D eigenvalue weighted by atomic mass is 16.5. The predicted octanol–water partition coefficient (Wildman–Crippen LogP) is 1.59. The third kappa shape index (κ3) is 4.48. The zero-order valence-electron chi connectivity index (χ0n) is 14.3. The van der Waals surface area contributed by atoms with Crippen molar-refractivity contribution in [3.05, 3.63) is 64.1 Å². The number of benzene rings is 1. The van der Waals surface area contributed by atoms with Gasteiger partial charge < -0.3 is 18.9 Å². The van der Waals surface area contributed by atoms with E-state index in [1.165, 1.54) is 6.07 Å². The first-order chi connectivity index (χ1) is 12.1. The number of carbonyl (C=O) groups excluding carboxylic acids is 1. The monoisotopic (exact) mass is 342 g/mol. The number of carbonyl (C=O) groups is 1. The number of pyridine rings is 1. The van der Waals surface area contributed by atoms with Crippen LogP contribution in [0.15, 0.2) is 47.4 Å². The van der Waals surface area contributed by atoms with Crippen molar-refractivity contribution < 1.29 is 14.3 Å². The van der Waals surface area contributed by atoms with E-state index in [0.717, 1.165) is 11.3 Å². The molecule has 0 aliphatic carbocycles. The van der Waals surface area contributed by atoms with Gasteiger partial charge in [-0.15, -0.1) is 0 Å². The Bertz CT molecular complexity index is 780. The van der Waals surface area contributed by atoms with Crippen LogP contribution in [-0.4, -0.2) is 41.7 Å². The summed E-state index contributed by atoms with van der Waals surface area (Å²) in [6, 6.07) is 11.2. The molecule has 1 fully saturated rings. The molecule has 1 aromatic carbocycles. The van der Waals surface area contributed by atoms with E-state index in [-0.39, 0.29) is 23.6 Å². The van der Waals surface area contributed by atoms with Gasteiger partial charge in [0, 0.05) is 24.8 Å². The minimum absolute atomic E-state index is 0.0176. The number of hydrogen-bond acceptors (Lipinski definition) is 4. The molecule has 0 bridgehead atoms. The van der Waals surface area contributed by atoms with E-state index in [2.05, 4.69) is 0 Å². The molecule has 0 atom stereocenters. The fourth-order valence-corrected chi connectivity index (χ4v) is 2.72. The maximum Gasteiger partial charge on any atom is 0.242 e. The predicted molar refractivity (Wildman–Crippen MR) is 93.6 cm³/mol. The van der Waals surface area contributed by atoms with Crippen LogP contribution >= 0.6 is 0 Å². The molecule has 0 radical (unpaired) electrons. The van der Waals surface area contributed by atoms with Gasteiger partial charge in [0.1, 0.15) is 13.2 Å². The van der Waals surface area contributed by atoms with E-state index in [0.29, 0.717) is 32.9 Å². The Morgan fingerprint density at radius 2 is 1.92 bits per heavy atom. The largest absolute Gasteiger partial charge is 0.483 e. The number of hydrogen-bond donors (Lipinski definition) is 0. The van der Waals surface area contributed by atoms with Crippen molar-refractivity contribution in [3.63, 3.8) is 0 Å². The van der Waals surface area contributed by atoms with Crippen LogP contribution in [0.2, 0.25) is 0 Å². The summed E-state index contributed by atoms with van der Waals surface area (Å²) >= 11 is 0. The molecule has 1 aliphatic heterocycles. The minimum Gasteiger partial charge on any atom is -0.483 e. The molecule has 1 aromatic heterocycles. The Kier molecular flexibility index (Phi) is 5.50. The molecule has 0 saturated carbocycles. The van der Waals surface area contributed by atoms with Crippen molar-refractivity contribution in [2.24, 2.45) is 0 Å². The van der Waals surface area contributed by atoms with Gasteiger partial charge >= 0.3 is 0 Å². The Hall–Kier alpha value is -2.60. The van der Waals surface area contributed by atoms with Crippen LogP contribution < -0.4 is 10.2 Å². The molecule has 0 N–H and O–H groups in total. The smallest absolute Gasteiger partial charge is 0.242 e. The van der Waals surface area contributed by atoms with Gasteiger partial charge in [-0.05, 0) is 12.5 Å². The SMILES string of the molecule is Cc1cc(=O)c(OCc2ccccc2)cn1CC(=O)N1CCOCC1.